The lowest BCUT2D eigenvalue weighted by atomic mass is 10.1. The van der Waals surface area contributed by atoms with Crippen LogP contribution >= 0.6 is 0 Å². The Hall–Kier alpha value is -2.68. The lowest BCUT2D eigenvalue weighted by molar-refractivity contribution is 0.102. The van der Waals surface area contributed by atoms with Gasteiger partial charge in [0.2, 0.25) is 0 Å². The molecule has 0 aliphatic rings. The number of rotatable bonds is 5. The first kappa shape index (κ1) is 13.7. The molecule has 0 unspecified atom stereocenters. The molecule has 0 saturated carbocycles. The van der Waals surface area contributed by atoms with E-state index in [0.717, 1.165) is 0 Å². The summed E-state index contributed by atoms with van der Waals surface area (Å²) in [6.45, 7) is 0. The number of ether oxygens (including phenoxy) is 1. The smallest absolute Gasteiger partial charge is 0.185 e. The number of allylic oxidation sites excluding steroid dienone is 2. The van der Waals surface area contributed by atoms with Gasteiger partial charge in [0.1, 0.15) is 5.75 Å². The van der Waals surface area contributed by atoms with E-state index in [1.165, 1.54) is 12.2 Å². The van der Waals surface area contributed by atoms with Crippen molar-refractivity contribution in [3.05, 3.63) is 77.9 Å². The van der Waals surface area contributed by atoms with Crippen molar-refractivity contribution in [1.29, 1.82) is 0 Å². The van der Waals surface area contributed by atoms with E-state index < -0.39 is 0 Å². The van der Waals surface area contributed by atoms with Crippen LogP contribution in [0.5, 0.6) is 5.75 Å². The van der Waals surface area contributed by atoms with E-state index in [9.17, 15) is 9.59 Å². The number of carbonyl (C=O) groups excluding carboxylic acids is 2. The molecule has 2 aromatic rings. The number of carbonyl (C=O) groups is 2. The van der Waals surface area contributed by atoms with E-state index in [1.807, 2.05) is 6.07 Å². The molecule has 0 spiro atoms. The van der Waals surface area contributed by atoms with Gasteiger partial charge in [0.05, 0.1) is 7.11 Å². The van der Waals surface area contributed by atoms with Crippen LogP contribution in [-0.4, -0.2) is 18.7 Å². The summed E-state index contributed by atoms with van der Waals surface area (Å²) < 4.78 is 5.02. The lowest BCUT2D eigenvalue weighted by Gasteiger charge is -2.00. The molecule has 0 saturated heterocycles. The highest BCUT2D eigenvalue weighted by molar-refractivity contribution is 6.11. The Balaban J connectivity index is 2.07. The van der Waals surface area contributed by atoms with Crippen LogP contribution in [0.4, 0.5) is 0 Å². The van der Waals surface area contributed by atoms with Crippen molar-refractivity contribution < 1.29 is 14.3 Å². The van der Waals surface area contributed by atoms with E-state index in [0.29, 0.717) is 16.9 Å². The number of methoxy groups -OCH3 is 1. The van der Waals surface area contributed by atoms with Crippen LogP contribution in [-0.2, 0) is 0 Å². The molecule has 0 radical (unpaired) electrons. The normalized spacial score (nSPS) is 10.4. The molecule has 0 fully saturated rings. The van der Waals surface area contributed by atoms with Gasteiger partial charge in [-0.1, -0.05) is 30.3 Å². The third-order valence-electron chi connectivity index (χ3n) is 2.82. The van der Waals surface area contributed by atoms with Gasteiger partial charge in [-0.25, -0.2) is 0 Å². The molecule has 3 nitrogen and oxygen atoms in total. The molecule has 2 rings (SSSR count). The highest BCUT2D eigenvalue weighted by atomic mass is 16.5. The first-order chi connectivity index (χ1) is 9.70. The molecule has 0 aliphatic heterocycles. The molecule has 0 heterocycles. The van der Waals surface area contributed by atoms with Crippen molar-refractivity contribution in [1.82, 2.24) is 0 Å². The summed E-state index contributed by atoms with van der Waals surface area (Å²) in [6.07, 6.45) is 2.58. The molecule has 0 aliphatic carbocycles. The van der Waals surface area contributed by atoms with Crippen LogP contribution in [0.1, 0.15) is 20.7 Å². The molecule has 0 aromatic heterocycles. The predicted molar refractivity (Wildman–Crippen MR) is 77.2 cm³/mol. The minimum absolute atomic E-state index is 0.188. The maximum absolute atomic E-state index is 11.9. The largest absolute Gasteiger partial charge is 0.497 e. The minimum Gasteiger partial charge on any atom is -0.497 e. The third kappa shape index (κ3) is 3.42. The third-order valence-corrected chi connectivity index (χ3v) is 2.82. The zero-order valence-corrected chi connectivity index (χ0v) is 11.1. The van der Waals surface area contributed by atoms with Gasteiger partial charge in [0.15, 0.2) is 11.6 Å². The SMILES string of the molecule is COc1ccc(C(=O)C=CC(=O)c2ccccc2)cc1. The fraction of sp³-hybridized carbons (Fsp3) is 0.0588. The van der Waals surface area contributed by atoms with Gasteiger partial charge < -0.3 is 4.74 Å². The van der Waals surface area contributed by atoms with Gasteiger partial charge in [0.25, 0.3) is 0 Å². The maximum Gasteiger partial charge on any atom is 0.185 e. The Labute approximate surface area is 117 Å². The molecule has 100 valence electrons. The Morgan fingerprint density at radius 3 is 1.80 bits per heavy atom. The standard InChI is InChI=1S/C17H14O3/c1-20-15-9-7-14(8-10-15)17(19)12-11-16(18)13-5-3-2-4-6-13/h2-12H,1H3. The Morgan fingerprint density at radius 2 is 1.30 bits per heavy atom. The van der Waals surface area contributed by atoms with Crippen molar-refractivity contribution in [2.75, 3.05) is 7.11 Å². The Morgan fingerprint density at radius 1 is 0.800 bits per heavy atom. The first-order valence-corrected chi connectivity index (χ1v) is 6.16. The number of hydrogen-bond acceptors (Lipinski definition) is 3. The zero-order valence-electron chi connectivity index (χ0n) is 11.1. The average molecular weight is 266 g/mol. The molecular weight excluding hydrogens is 252 g/mol. The van der Waals surface area contributed by atoms with Gasteiger partial charge in [0, 0.05) is 11.1 Å². The number of hydrogen-bond donors (Lipinski definition) is 0. The maximum atomic E-state index is 11.9. The van der Waals surface area contributed by atoms with E-state index in [2.05, 4.69) is 0 Å². The summed E-state index contributed by atoms with van der Waals surface area (Å²) in [5, 5.41) is 0. The summed E-state index contributed by atoms with van der Waals surface area (Å²) in [5.74, 6) is 0.287. The summed E-state index contributed by atoms with van der Waals surface area (Å²) in [7, 11) is 1.56. The van der Waals surface area contributed by atoms with Crippen LogP contribution in [0.15, 0.2) is 66.7 Å². The molecule has 0 amide bonds. The number of benzene rings is 2. The predicted octanol–water partition coefficient (Wildman–Crippen LogP) is 3.32. The van der Waals surface area contributed by atoms with Gasteiger partial charge in [-0.05, 0) is 36.4 Å². The molecule has 0 bridgehead atoms. The number of ketones is 2. The van der Waals surface area contributed by atoms with E-state index in [1.54, 1.807) is 55.6 Å². The van der Waals surface area contributed by atoms with Gasteiger partial charge >= 0.3 is 0 Å². The fourth-order valence-corrected chi connectivity index (χ4v) is 1.70. The molecule has 2 aromatic carbocycles. The van der Waals surface area contributed by atoms with Crippen molar-refractivity contribution in [2.45, 2.75) is 0 Å². The lowest BCUT2D eigenvalue weighted by Crippen LogP contribution is -1.98. The van der Waals surface area contributed by atoms with Crippen LogP contribution in [0.25, 0.3) is 0 Å². The van der Waals surface area contributed by atoms with Crippen molar-refractivity contribution in [3.63, 3.8) is 0 Å². The second kappa shape index (κ2) is 6.48. The Bertz CT molecular complexity index is 625. The molecule has 0 atom stereocenters. The zero-order chi connectivity index (χ0) is 14.4. The van der Waals surface area contributed by atoms with Crippen LogP contribution in [0.2, 0.25) is 0 Å². The van der Waals surface area contributed by atoms with E-state index in [4.69, 9.17) is 4.74 Å². The monoisotopic (exact) mass is 266 g/mol. The molecule has 3 heteroatoms. The molecular formula is C17H14O3. The molecule has 20 heavy (non-hydrogen) atoms. The van der Waals surface area contributed by atoms with Crippen LogP contribution < -0.4 is 4.74 Å². The van der Waals surface area contributed by atoms with Crippen LogP contribution in [0.3, 0.4) is 0 Å². The fourth-order valence-electron chi connectivity index (χ4n) is 1.70. The van der Waals surface area contributed by atoms with E-state index in [-0.39, 0.29) is 11.6 Å². The van der Waals surface area contributed by atoms with Crippen LogP contribution in [0, 0.1) is 0 Å². The summed E-state index contributed by atoms with van der Waals surface area (Å²) in [6, 6.07) is 15.6. The Kier molecular flexibility index (Phi) is 4.45. The second-order valence-corrected chi connectivity index (χ2v) is 4.16. The highest BCUT2D eigenvalue weighted by Gasteiger charge is 2.04. The molecule has 0 N–H and O–H groups in total. The first-order valence-electron chi connectivity index (χ1n) is 6.16. The average Bonchev–Trinajstić information content (AvgIpc) is 2.53. The second-order valence-electron chi connectivity index (χ2n) is 4.16. The minimum atomic E-state index is -0.211. The van der Waals surface area contributed by atoms with Gasteiger partial charge in [-0.3, -0.25) is 9.59 Å². The summed E-state index contributed by atoms with van der Waals surface area (Å²) in [5.41, 5.74) is 1.08. The van der Waals surface area contributed by atoms with Gasteiger partial charge in [-0.15, -0.1) is 0 Å². The van der Waals surface area contributed by atoms with Crippen molar-refractivity contribution in [2.24, 2.45) is 0 Å². The highest BCUT2D eigenvalue weighted by Crippen LogP contribution is 2.12. The van der Waals surface area contributed by atoms with Gasteiger partial charge in [-0.2, -0.15) is 0 Å². The summed E-state index contributed by atoms with van der Waals surface area (Å²) >= 11 is 0. The quantitative estimate of drug-likeness (QED) is 0.616. The van der Waals surface area contributed by atoms with E-state index >= 15 is 0 Å². The van der Waals surface area contributed by atoms with Crippen molar-refractivity contribution >= 4 is 11.6 Å². The summed E-state index contributed by atoms with van der Waals surface area (Å²) in [4.78, 5) is 23.7. The topological polar surface area (TPSA) is 43.4 Å². The van der Waals surface area contributed by atoms with Crippen molar-refractivity contribution in [3.8, 4) is 5.75 Å².